The van der Waals surface area contributed by atoms with Crippen molar-refractivity contribution in [3.63, 3.8) is 0 Å². The summed E-state index contributed by atoms with van der Waals surface area (Å²) >= 11 is 0.300. The van der Waals surface area contributed by atoms with E-state index in [9.17, 15) is 0 Å². The van der Waals surface area contributed by atoms with Crippen LogP contribution >= 0.6 is 0 Å². The molecule has 0 rings (SSSR count). The Morgan fingerprint density at radius 3 is 1.36 bits per heavy atom. The summed E-state index contributed by atoms with van der Waals surface area (Å²) in [7, 11) is 0. The first-order valence-corrected chi connectivity index (χ1v) is 5.31. The Bertz CT molecular complexity index is 39.1. The first kappa shape index (κ1) is 17.6. The van der Waals surface area contributed by atoms with Crippen molar-refractivity contribution in [2.24, 2.45) is 0 Å². The van der Waals surface area contributed by atoms with Crippen LogP contribution in [0.2, 0.25) is 0 Å². The zero-order chi connectivity index (χ0) is 9.54. The third kappa shape index (κ3) is 61.1. The van der Waals surface area contributed by atoms with Gasteiger partial charge in [0.1, 0.15) is 0 Å². The Hall–Kier alpha value is 0.559. The van der Waals surface area contributed by atoms with Crippen LogP contribution in [0.5, 0.6) is 0 Å². The fourth-order valence-corrected chi connectivity index (χ4v) is 0.158. The first-order valence-electron chi connectivity index (χ1n) is 4.14. The van der Waals surface area contributed by atoms with Crippen molar-refractivity contribution in [1.29, 1.82) is 0 Å². The fourth-order valence-electron chi connectivity index (χ4n) is 0.158. The number of hydrogen-bond acceptors (Lipinski definition) is 2. The molecule has 11 heavy (non-hydrogen) atoms. The summed E-state index contributed by atoms with van der Waals surface area (Å²) in [6, 6.07) is 0. The van der Waals surface area contributed by atoms with E-state index in [0.29, 0.717) is 29.1 Å². The molecule has 0 unspecified atom stereocenters. The van der Waals surface area contributed by atoms with Gasteiger partial charge in [0, 0.05) is 6.61 Å². The van der Waals surface area contributed by atoms with Crippen LogP contribution in [-0.2, 0) is 3.08 Å². The Balaban J connectivity index is -0.0000000965. The Morgan fingerprint density at radius 2 is 1.36 bits per heavy atom. The van der Waals surface area contributed by atoms with Crippen LogP contribution in [0, 0.1) is 0 Å². The van der Waals surface area contributed by atoms with Gasteiger partial charge in [-0.15, -0.1) is 0 Å². The maximum absolute atomic E-state index is 8.34. The van der Waals surface area contributed by atoms with E-state index in [4.69, 9.17) is 8.18 Å². The molecule has 0 amide bonds. The topological polar surface area (TPSA) is 37.3 Å². The van der Waals surface area contributed by atoms with Gasteiger partial charge in [-0.3, -0.25) is 0 Å². The number of rotatable bonds is 3. The average Bonchev–Trinajstić information content (AvgIpc) is 2.10. The zero-order valence-electron chi connectivity index (χ0n) is 7.89. The number of aliphatic hydroxyl groups is 1. The van der Waals surface area contributed by atoms with E-state index in [-0.39, 0.29) is 0 Å². The van der Waals surface area contributed by atoms with E-state index in [1.165, 1.54) is 12.8 Å². The summed E-state index contributed by atoms with van der Waals surface area (Å²) in [5.41, 5.74) is 0. The van der Waals surface area contributed by atoms with Crippen molar-refractivity contribution in [2.75, 3.05) is 6.61 Å². The average molecular weight is 267 g/mol. The Labute approximate surface area is 83.9 Å². The maximum atomic E-state index is 8.34. The molecule has 0 saturated carbocycles. The molecule has 2 radical (unpaired) electrons. The Morgan fingerprint density at radius 1 is 1.00 bits per heavy atom. The third-order valence-corrected chi connectivity index (χ3v) is 1.01. The van der Waals surface area contributed by atoms with Crippen molar-refractivity contribution in [3.05, 3.63) is 0 Å². The van der Waals surface area contributed by atoms with E-state index in [1.807, 2.05) is 0 Å². The molecule has 0 aromatic rings. The summed E-state index contributed by atoms with van der Waals surface area (Å²) in [6.45, 7) is 6.76. The van der Waals surface area contributed by atoms with Gasteiger partial charge in [0.25, 0.3) is 0 Å². The molecule has 0 bridgehead atoms. The molecule has 1 N–H and O–H groups in total. The second-order valence-corrected chi connectivity index (χ2v) is 2.08. The summed E-state index contributed by atoms with van der Waals surface area (Å²) in [4.78, 5) is 0. The van der Waals surface area contributed by atoms with Crippen LogP contribution in [0.3, 0.4) is 0 Å². The molecule has 0 aliphatic heterocycles. The van der Waals surface area contributed by atoms with Crippen LogP contribution in [-0.4, -0.2) is 34.2 Å². The van der Waals surface area contributed by atoms with Crippen LogP contribution < -0.4 is 0 Å². The molecule has 0 aromatic heterocycles. The van der Waals surface area contributed by atoms with E-state index in [1.54, 1.807) is 0 Å². The van der Waals surface area contributed by atoms with Crippen molar-refractivity contribution < 1.29 is 8.18 Å². The molecule has 0 fully saturated rings. The molecule has 68 valence electrons. The van der Waals surface area contributed by atoms with Crippen molar-refractivity contribution in [3.8, 4) is 0 Å². The summed E-state index contributed by atoms with van der Waals surface area (Å²) in [5.74, 6) is 0. The van der Waals surface area contributed by atoms with Crippen molar-refractivity contribution >= 4 is 22.5 Å². The van der Waals surface area contributed by atoms with Crippen LogP contribution in [0.4, 0.5) is 0 Å². The molecule has 0 aliphatic rings. The minimum atomic E-state index is 0.300. The second-order valence-electron chi connectivity index (χ2n) is 2.08. The van der Waals surface area contributed by atoms with E-state index in [0.717, 1.165) is 12.8 Å². The molecular weight excluding hydrogens is 247 g/mol. The van der Waals surface area contributed by atoms with Gasteiger partial charge in [0.2, 0.25) is 0 Å². The van der Waals surface area contributed by atoms with Gasteiger partial charge in [0.15, 0.2) is 0 Å². The van der Waals surface area contributed by atoms with Gasteiger partial charge in [-0.05, 0) is 6.42 Å². The molecule has 0 saturated heterocycles. The standard InChI is InChI=1S/C4H10O.C4H10.O.Sn/c1-2-3-4-5;1-3-4-2;;/h5H,2-4H2,1H3;3-4H2,1-2H3;;. The van der Waals surface area contributed by atoms with E-state index < -0.39 is 0 Å². The molecule has 2 nitrogen and oxygen atoms in total. The Kier molecular flexibility index (Phi) is 49.9. The van der Waals surface area contributed by atoms with Gasteiger partial charge in [-0.1, -0.05) is 40.0 Å². The molecule has 0 spiro atoms. The number of aliphatic hydroxyl groups excluding tert-OH is 1. The fraction of sp³-hybridized carbons (Fsp3) is 1.00. The molecular formula is C8H20O2Sn. The monoisotopic (exact) mass is 268 g/mol. The van der Waals surface area contributed by atoms with Crippen LogP contribution in [0.1, 0.15) is 46.5 Å². The predicted molar refractivity (Wildman–Crippen MR) is 49.0 cm³/mol. The summed E-state index contributed by atoms with van der Waals surface area (Å²) in [6.07, 6.45) is 4.68. The van der Waals surface area contributed by atoms with E-state index in [2.05, 4.69) is 20.8 Å². The molecule has 0 atom stereocenters. The molecule has 0 heterocycles. The van der Waals surface area contributed by atoms with Crippen molar-refractivity contribution in [2.45, 2.75) is 46.5 Å². The second kappa shape index (κ2) is 31.2. The molecule has 3 heteroatoms. The van der Waals surface area contributed by atoms with Crippen LogP contribution in [0.15, 0.2) is 0 Å². The van der Waals surface area contributed by atoms with Gasteiger partial charge < -0.3 is 5.11 Å². The third-order valence-electron chi connectivity index (χ3n) is 1.01. The van der Waals surface area contributed by atoms with Gasteiger partial charge in [0.05, 0.1) is 0 Å². The quantitative estimate of drug-likeness (QED) is 0.795. The summed E-state index contributed by atoms with van der Waals surface area (Å²) in [5, 5.41) is 8.07. The van der Waals surface area contributed by atoms with Crippen molar-refractivity contribution in [1.82, 2.24) is 0 Å². The zero-order valence-corrected chi connectivity index (χ0v) is 10.7. The van der Waals surface area contributed by atoms with Gasteiger partial charge >= 0.3 is 25.6 Å². The predicted octanol–water partition coefficient (Wildman–Crippen LogP) is 2.09. The SMILES string of the molecule is CCCC.CCCCO.[O]=[Sn]. The van der Waals surface area contributed by atoms with Gasteiger partial charge in [-0.25, -0.2) is 0 Å². The molecule has 0 aliphatic carbocycles. The number of unbranched alkanes of at least 4 members (excludes halogenated alkanes) is 2. The normalized spacial score (nSPS) is 6.91. The van der Waals surface area contributed by atoms with E-state index >= 15 is 0 Å². The minimum absolute atomic E-state index is 0.300. The van der Waals surface area contributed by atoms with Crippen LogP contribution in [0.25, 0.3) is 0 Å². The molecule has 0 aromatic carbocycles. The summed E-state index contributed by atoms with van der Waals surface area (Å²) < 4.78 is 8.34. The first-order chi connectivity index (χ1) is 5.33. The van der Waals surface area contributed by atoms with Gasteiger partial charge in [-0.2, -0.15) is 0 Å². The number of hydrogen-bond donors (Lipinski definition) is 1.